The van der Waals surface area contributed by atoms with Gasteiger partial charge in [-0.3, -0.25) is 9.78 Å². The molecule has 2 atom stereocenters. The summed E-state index contributed by atoms with van der Waals surface area (Å²) in [5.41, 5.74) is 3.50. The first-order chi connectivity index (χ1) is 14.9. The molecule has 0 aliphatic carbocycles. The normalized spacial score (nSPS) is 18.9. The van der Waals surface area contributed by atoms with Crippen LogP contribution in [0.3, 0.4) is 0 Å². The second-order valence-corrected chi connectivity index (χ2v) is 8.09. The van der Waals surface area contributed by atoms with Gasteiger partial charge in [0.25, 0.3) is 0 Å². The summed E-state index contributed by atoms with van der Waals surface area (Å²) in [6.45, 7) is 4.12. The Kier molecular flexibility index (Phi) is 6.08. The standard InChI is InChI=1S/C23H25FN4O3/c1-14(2)22-19(8-7-18-11-17(29)12-21(30)31-18)23(15-3-5-16(24)6-4-15)28(27-22)20-13-25-9-10-26-20/h3-6,9-10,13-14,17-18,29H,7-8,11-12H2,1-2H3/t17-,18+/m0/s1. The van der Waals surface area contributed by atoms with Crippen LogP contribution in [0.15, 0.2) is 42.9 Å². The number of nitrogens with zero attached hydrogens (tertiary/aromatic N) is 4. The number of carbonyl (C=O) groups is 1. The van der Waals surface area contributed by atoms with Crippen LogP contribution in [0.4, 0.5) is 4.39 Å². The summed E-state index contributed by atoms with van der Waals surface area (Å²) in [7, 11) is 0. The van der Waals surface area contributed by atoms with Gasteiger partial charge in [0.15, 0.2) is 5.82 Å². The molecule has 162 valence electrons. The predicted molar refractivity (Wildman–Crippen MR) is 112 cm³/mol. The van der Waals surface area contributed by atoms with E-state index in [2.05, 4.69) is 23.8 Å². The van der Waals surface area contributed by atoms with Crippen molar-refractivity contribution in [3.63, 3.8) is 0 Å². The van der Waals surface area contributed by atoms with Crippen LogP contribution in [0, 0.1) is 5.82 Å². The Labute approximate surface area is 179 Å². The van der Waals surface area contributed by atoms with Crippen LogP contribution in [-0.4, -0.2) is 43.0 Å². The molecule has 0 unspecified atom stereocenters. The smallest absolute Gasteiger partial charge is 0.308 e. The highest BCUT2D eigenvalue weighted by molar-refractivity contribution is 5.71. The number of rotatable bonds is 6. The summed E-state index contributed by atoms with van der Waals surface area (Å²) in [5.74, 6) is 0.00557. The summed E-state index contributed by atoms with van der Waals surface area (Å²) >= 11 is 0. The molecule has 0 bridgehead atoms. The third-order valence-electron chi connectivity index (χ3n) is 5.40. The Hall–Kier alpha value is -3.13. The molecule has 0 radical (unpaired) electrons. The van der Waals surface area contributed by atoms with Crippen molar-refractivity contribution < 1.29 is 19.0 Å². The first-order valence-electron chi connectivity index (χ1n) is 10.4. The van der Waals surface area contributed by atoms with Gasteiger partial charge in [-0.2, -0.15) is 5.10 Å². The number of hydrogen-bond acceptors (Lipinski definition) is 6. The number of carbonyl (C=O) groups excluding carboxylic acids is 1. The highest BCUT2D eigenvalue weighted by Gasteiger charge is 2.29. The lowest BCUT2D eigenvalue weighted by Crippen LogP contribution is -2.32. The highest BCUT2D eigenvalue weighted by Crippen LogP contribution is 2.34. The summed E-state index contributed by atoms with van der Waals surface area (Å²) in [6, 6.07) is 6.28. The molecule has 3 aromatic rings. The number of cyclic esters (lactones) is 1. The molecule has 1 fully saturated rings. The van der Waals surface area contributed by atoms with Crippen molar-refractivity contribution in [3.8, 4) is 17.1 Å². The molecule has 1 aromatic carbocycles. The van der Waals surface area contributed by atoms with E-state index in [1.54, 1.807) is 35.4 Å². The molecule has 0 saturated carbocycles. The quantitative estimate of drug-likeness (QED) is 0.608. The maximum absolute atomic E-state index is 13.6. The van der Waals surface area contributed by atoms with Crippen LogP contribution in [0.5, 0.6) is 0 Å². The number of aromatic nitrogens is 4. The summed E-state index contributed by atoms with van der Waals surface area (Å²) < 4.78 is 20.8. The Balaban J connectivity index is 1.77. The van der Waals surface area contributed by atoms with Crippen LogP contribution >= 0.6 is 0 Å². The molecule has 0 spiro atoms. The summed E-state index contributed by atoms with van der Waals surface area (Å²) in [6.07, 6.45) is 5.42. The average molecular weight is 424 g/mol. The van der Waals surface area contributed by atoms with Crippen molar-refractivity contribution in [3.05, 3.63) is 59.9 Å². The zero-order valence-electron chi connectivity index (χ0n) is 17.5. The third kappa shape index (κ3) is 4.64. The fourth-order valence-electron chi connectivity index (χ4n) is 3.99. The molecule has 1 aliphatic heterocycles. The van der Waals surface area contributed by atoms with Gasteiger partial charge in [0.2, 0.25) is 0 Å². The molecule has 8 heteroatoms. The monoisotopic (exact) mass is 424 g/mol. The molecular formula is C23H25FN4O3. The average Bonchev–Trinajstić information content (AvgIpc) is 3.12. The number of benzene rings is 1. The molecule has 31 heavy (non-hydrogen) atoms. The Morgan fingerprint density at radius 3 is 2.68 bits per heavy atom. The van der Waals surface area contributed by atoms with Crippen molar-refractivity contribution in [2.45, 2.75) is 57.7 Å². The molecule has 1 N–H and O–H groups in total. The lowest BCUT2D eigenvalue weighted by molar-refractivity contribution is -0.160. The molecule has 2 aromatic heterocycles. The van der Waals surface area contributed by atoms with Crippen molar-refractivity contribution in [2.75, 3.05) is 0 Å². The fraction of sp³-hybridized carbons (Fsp3) is 0.391. The van der Waals surface area contributed by atoms with Gasteiger partial charge in [0.05, 0.1) is 30.1 Å². The van der Waals surface area contributed by atoms with Gasteiger partial charge in [0.1, 0.15) is 11.9 Å². The minimum Gasteiger partial charge on any atom is -0.462 e. The van der Waals surface area contributed by atoms with E-state index in [9.17, 15) is 14.3 Å². The van der Waals surface area contributed by atoms with Crippen molar-refractivity contribution >= 4 is 5.97 Å². The minimum absolute atomic E-state index is 0.0409. The van der Waals surface area contributed by atoms with E-state index >= 15 is 0 Å². The lowest BCUT2D eigenvalue weighted by Gasteiger charge is -2.26. The Morgan fingerprint density at radius 2 is 2.03 bits per heavy atom. The third-order valence-corrected chi connectivity index (χ3v) is 5.40. The van der Waals surface area contributed by atoms with Crippen LogP contribution in [-0.2, 0) is 16.0 Å². The van der Waals surface area contributed by atoms with Gasteiger partial charge in [-0.05, 0) is 43.0 Å². The number of aliphatic hydroxyl groups is 1. The fourth-order valence-corrected chi connectivity index (χ4v) is 3.99. The van der Waals surface area contributed by atoms with E-state index in [1.165, 1.54) is 12.1 Å². The molecular weight excluding hydrogens is 399 g/mol. The van der Waals surface area contributed by atoms with E-state index in [1.807, 2.05) is 0 Å². The lowest BCUT2D eigenvalue weighted by atomic mass is 9.93. The molecule has 7 nitrogen and oxygen atoms in total. The van der Waals surface area contributed by atoms with Crippen LogP contribution in [0.25, 0.3) is 17.1 Å². The van der Waals surface area contributed by atoms with Gasteiger partial charge < -0.3 is 9.84 Å². The van der Waals surface area contributed by atoms with Gasteiger partial charge in [0, 0.05) is 29.9 Å². The number of ether oxygens (including phenoxy) is 1. The topological polar surface area (TPSA) is 90.1 Å². The first-order valence-corrected chi connectivity index (χ1v) is 10.4. The maximum Gasteiger partial charge on any atom is 0.308 e. The first kappa shape index (κ1) is 21.1. The second-order valence-electron chi connectivity index (χ2n) is 8.09. The molecule has 1 saturated heterocycles. The van der Waals surface area contributed by atoms with Crippen LogP contribution in [0.1, 0.15) is 50.3 Å². The molecule has 3 heterocycles. The van der Waals surface area contributed by atoms with Gasteiger partial charge >= 0.3 is 5.97 Å². The number of halogens is 1. The SMILES string of the molecule is CC(C)c1nn(-c2cnccn2)c(-c2ccc(F)cc2)c1CC[C@@H]1C[C@H](O)CC(=O)O1. The van der Waals surface area contributed by atoms with E-state index in [0.717, 1.165) is 22.5 Å². The van der Waals surface area contributed by atoms with E-state index < -0.39 is 6.10 Å². The minimum atomic E-state index is -0.672. The van der Waals surface area contributed by atoms with E-state index in [4.69, 9.17) is 9.84 Å². The number of esters is 1. The van der Waals surface area contributed by atoms with Crippen LogP contribution in [0.2, 0.25) is 0 Å². The van der Waals surface area contributed by atoms with Crippen LogP contribution < -0.4 is 0 Å². The van der Waals surface area contributed by atoms with E-state index in [0.29, 0.717) is 25.1 Å². The van der Waals surface area contributed by atoms with E-state index in [-0.39, 0.29) is 30.2 Å². The largest absolute Gasteiger partial charge is 0.462 e. The number of aliphatic hydroxyl groups excluding tert-OH is 1. The van der Waals surface area contributed by atoms with Gasteiger partial charge in [-0.25, -0.2) is 14.1 Å². The summed E-state index contributed by atoms with van der Waals surface area (Å²) in [5, 5.41) is 14.8. The summed E-state index contributed by atoms with van der Waals surface area (Å²) in [4.78, 5) is 20.3. The maximum atomic E-state index is 13.6. The number of hydrogen-bond donors (Lipinski definition) is 1. The Bertz CT molecular complexity index is 1050. The van der Waals surface area contributed by atoms with Gasteiger partial charge in [-0.15, -0.1) is 0 Å². The Morgan fingerprint density at radius 1 is 1.26 bits per heavy atom. The zero-order chi connectivity index (χ0) is 22.0. The van der Waals surface area contributed by atoms with Crippen molar-refractivity contribution in [1.82, 2.24) is 19.7 Å². The zero-order valence-corrected chi connectivity index (χ0v) is 17.5. The van der Waals surface area contributed by atoms with Gasteiger partial charge in [-0.1, -0.05) is 13.8 Å². The highest BCUT2D eigenvalue weighted by atomic mass is 19.1. The van der Waals surface area contributed by atoms with Crippen molar-refractivity contribution in [2.24, 2.45) is 0 Å². The second kappa shape index (κ2) is 8.93. The molecule has 4 rings (SSSR count). The predicted octanol–water partition coefficient (Wildman–Crippen LogP) is 3.59. The molecule has 1 aliphatic rings. The molecule has 0 amide bonds. The van der Waals surface area contributed by atoms with Crippen molar-refractivity contribution in [1.29, 1.82) is 0 Å².